The highest BCUT2D eigenvalue weighted by atomic mass is 16.5. The normalized spacial score (nSPS) is 18.9. The van der Waals surface area contributed by atoms with E-state index in [0.29, 0.717) is 19.7 Å². The van der Waals surface area contributed by atoms with Gasteiger partial charge in [0.25, 0.3) is 0 Å². The van der Waals surface area contributed by atoms with Crippen LogP contribution in [0.2, 0.25) is 0 Å². The zero-order valence-electron chi connectivity index (χ0n) is 12.4. The summed E-state index contributed by atoms with van der Waals surface area (Å²) in [6, 6.07) is 8.27. The predicted octanol–water partition coefficient (Wildman–Crippen LogP) is 2.49. The van der Waals surface area contributed by atoms with E-state index in [1.54, 1.807) is 13.8 Å². The molecule has 0 bridgehead atoms. The van der Waals surface area contributed by atoms with Crippen molar-refractivity contribution in [1.29, 1.82) is 0 Å². The summed E-state index contributed by atoms with van der Waals surface area (Å²) in [4.78, 5) is 13.4. The van der Waals surface area contributed by atoms with Gasteiger partial charge in [-0.15, -0.1) is 0 Å². The van der Waals surface area contributed by atoms with Crippen molar-refractivity contribution < 1.29 is 14.6 Å². The Balaban J connectivity index is 2.19. The molecular weight excluding hydrogens is 254 g/mol. The Hall–Kier alpha value is -1.39. The second-order valence-corrected chi connectivity index (χ2v) is 5.71. The molecule has 4 heteroatoms. The quantitative estimate of drug-likeness (QED) is 0.898. The number of hydrogen-bond donors (Lipinski definition) is 1. The molecule has 0 amide bonds. The van der Waals surface area contributed by atoms with Crippen LogP contribution in [0.1, 0.15) is 38.0 Å². The van der Waals surface area contributed by atoms with Gasteiger partial charge in [-0.25, -0.2) is 0 Å². The minimum Gasteiger partial charge on any atom is -0.480 e. The van der Waals surface area contributed by atoms with Crippen molar-refractivity contribution in [3.63, 3.8) is 0 Å². The molecule has 1 heterocycles. The van der Waals surface area contributed by atoms with E-state index in [1.807, 2.05) is 24.0 Å². The zero-order valence-corrected chi connectivity index (χ0v) is 12.4. The molecule has 0 aromatic heterocycles. The molecule has 1 aromatic carbocycles. The minimum absolute atomic E-state index is 0.0430. The van der Waals surface area contributed by atoms with E-state index in [1.165, 1.54) is 11.1 Å². The SMILES string of the molecule is CCN(CC1OCCc2ccccc21)C(C)(C)C(=O)O. The number of likely N-dealkylation sites (N-methyl/N-ethyl adjacent to an activating group) is 1. The largest absolute Gasteiger partial charge is 0.480 e. The molecule has 2 rings (SSSR count). The monoisotopic (exact) mass is 277 g/mol. The van der Waals surface area contributed by atoms with E-state index in [2.05, 4.69) is 12.1 Å². The second kappa shape index (κ2) is 5.94. The van der Waals surface area contributed by atoms with E-state index in [-0.39, 0.29) is 6.10 Å². The molecule has 0 saturated heterocycles. The van der Waals surface area contributed by atoms with Crippen LogP contribution in [0.5, 0.6) is 0 Å². The van der Waals surface area contributed by atoms with Gasteiger partial charge in [0.2, 0.25) is 0 Å². The van der Waals surface area contributed by atoms with Gasteiger partial charge in [-0.05, 0) is 37.9 Å². The Morgan fingerprint density at radius 2 is 2.15 bits per heavy atom. The van der Waals surface area contributed by atoms with Gasteiger partial charge in [0.1, 0.15) is 5.54 Å². The molecule has 20 heavy (non-hydrogen) atoms. The molecule has 1 aliphatic rings. The van der Waals surface area contributed by atoms with Gasteiger partial charge in [0, 0.05) is 6.54 Å². The Labute approximate surface area is 120 Å². The van der Waals surface area contributed by atoms with E-state index in [4.69, 9.17) is 4.74 Å². The van der Waals surface area contributed by atoms with Crippen LogP contribution >= 0.6 is 0 Å². The maximum atomic E-state index is 11.4. The fourth-order valence-corrected chi connectivity index (χ4v) is 2.72. The molecule has 0 radical (unpaired) electrons. The van der Waals surface area contributed by atoms with Crippen LogP contribution in [-0.2, 0) is 16.0 Å². The number of carboxylic acids is 1. The van der Waals surface area contributed by atoms with E-state index >= 15 is 0 Å². The number of nitrogens with zero attached hydrogens (tertiary/aromatic N) is 1. The van der Waals surface area contributed by atoms with Gasteiger partial charge in [-0.2, -0.15) is 0 Å². The average molecular weight is 277 g/mol. The van der Waals surface area contributed by atoms with Crippen LogP contribution in [0, 0.1) is 0 Å². The van der Waals surface area contributed by atoms with Crippen molar-refractivity contribution in [3.8, 4) is 0 Å². The number of carboxylic acid groups (broad SMARTS) is 1. The molecule has 0 fully saturated rings. The number of aliphatic carboxylic acids is 1. The predicted molar refractivity (Wildman–Crippen MR) is 77.8 cm³/mol. The standard InChI is InChI=1S/C16H23NO3/c1-4-17(16(2,3)15(18)19)11-14-13-8-6-5-7-12(13)9-10-20-14/h5-8,14H,4,9-11H2,1-3H3,(H,18,19). The van der Waals surface area contributed by atoms with Gasteiger partial charge in [-0.1, -0.05) is 31.2 Å². The lowest BCUT2D eigenvalue weighted by Gasteiger charge is -2.38. The van der Waals surface area contributed by atoms with Crippen LogP contribution < -0.4 is 0 Å². The minimum atomic E-state index is -0.884. The third-order valence-corrected chi connectivity index (χ3v) is 4.17. The first-order chi connectivity index (χ1) is 9.46. The summed E-state index contributed by atoms with van der Waals surface area (Å²) >= 11 is 0. The van der Waals surface area contributed by atoms with Gasteiger partial charge in [-0.3, -0.25) is 9.69 Å². The third-order valence-electron chi connectivity index (χ3n) is 4.17. The fraction of sp³-hybridized carbons (Fsp3) is 0.562. The maximum Gasteiger partial charge on any atom is 0.323 e. The summed E-state index contributed by atoms with van der Waals surface area (Å²) in [6.07, 6.45) is 0.889. The molecule has 0 aliphatic carbocycles. The first-order valence-corrected chi connectivity index (χ1v) is 7.14. The second-order valence-electron chi connectivity index (χ2n) is 5.71. The number of ether oxygens (including phenoxy) is 1. The Morgan fingerprint density at radius 1 is 1.45 bits per heavy atom. The molecule has 4 nitrogen and oxygen atoms in total. The van der Waals surface area contributed by atoms with Crippen LogP contribution in [0.25, 0.3) is 0 Å². The van der Waals surface area contributed by atoms with Gasteiger partial charge in [0.15, 0.2) is 0 Å². The molecule has 1 aliphatic heterocycles. The lowest BCUT2D eigenvalue weighted by Crippen LogP contribution is -2.51. The van der Waals surface area contributed by atoms with Crippen molar-refractivity contribution in [2.45, 2.75) is 38.8 Å². The first kappa shape index (κ1) is 15.0. The number of fused-ring (bicyclic) bond motifs is 1. The summed E-state index contributed by atoms with van der Waals surface area (Å²) in [5.74, 6) is -0.802. The van der Waals surface area contributed by atoms with Crippen LogP contribution in [0.3, 0.4) is 0 Å². The molecular formula is C16H23NO3. The lowest BCUT2D eigenvalue weighted by atomic mass is 9.95. The Morgan fingerprint density at radius 3 is 2.80 bits per heavy atom. The number of carbonyl (C=O) groups is 1. The van der Waals surface area contributed by atoms with Crippen LogP contribution in [-0.4, -0.2) is 41.2 Å². The summed E-state index contributed by atoms with van der Waals surface area (Å²) in [6.45, 7) is 7.46. The summed E-state index contributed by atoms with van der Waals surface area (Å²) in [5.41, 5.74) is 1.62. The first-order valence-electron chi connectivity index (χ1n) is 7.14. The molecule has 0 saturated carbocycles. The summed E-state index contributed by atoms with van der Waals surface area (Å²) in [7, 11) is 0. The van der Waals surface area contributed by atoms with Crippen molar-refractivity contribution in [2.24, 2.45) is 0 Å². The highest BCUT2D eigenvalue weighted by Crippen LogP contribution is 2.29. The highest BCUT2D eigenvalue weighted by Gasteiger charge is 2.36. The Kier molecular flexibility index (Phi) is 4.45. The van der Waals surface area contributed by atoms with Crippen molar-refractivity contribution >= 4 is 5.97 Å². The highest BCUT2D eigenvalue weighted by molar-refractivity contribution is 5.77. The topological polar surface area (TPSA) is 49.8 Å². The van der Waals surface area contributed by atoms with Crippen LogP contribution in [0.4, 0.5) is 0 Å². The molecule has 1 unspecified atom stereocenters. The van der Waals surface area contributed by atoms with Crippen LogP contribution in [0.15, 0.2) is 24.3 Å². The molecule has 1 aromatic rings. The van der Waals surface area contributed by atoms with Gasteiger partial charge < -0.3 is 9.84 Å². The van der Waals surface area contributed by atoms with Crippen molar-refractivity contribution in [1.82, 2.24) is 4.90 Å². The van der Waals surface area contributed by atoms with E-state index in [9.17, 15) is 9.90 Å². The lowest BCUT2D eigenvalue weighted by molar-refractivity contribution is -0.150. The zero-order chi connectivity index (χ0) is 14.8. The number of rotatable bonds is 5. The molecule has 110 valence electrons. The maximum absolute atomic E-state index is 11.4. The van der Waals surface area contributed by atoms with E-state index < -0.39 is 11.5 Å². The fourth-order valence-electron chi connectivity index (χ4n) is 2.72. The van der Waals surface area contributed by atoms with Crippen molar-refractivity contribution in [3.05, 3.63) is 35.4 Å². The molecule has 1 atom stereocenters. The van der Waals surface area contributed by atoms with E-state index in [0.717, 1.165) is 6.42 Å². The van der Waals surface area contributed by atoms with Gasteiger partial charge in [0.05, 0.1) is 12.7 Å². The van der Waals surface area contributed by atoms with Gasteiger partial charge >= 0.3 is 5.97 Å². The smallest absolute Gasteiger partial charge is 0.323 e. The average Bonchev–Trinajstić information content (AvgIpc) is 2.44. The number of hydrogen-bond acceptors (Lipinski definition) is 3. The summed E-state index contributed by atoms with van der Waals surface area (Å²) < 4.78 is 5.88. The third kappa shape index (κ3) is 2.86. The molecule has 1 N–H and O–H groups in total. The van der Waals surface area contributed by atoms with Crippen molar-refractivity contribution in [2.75, 3.05) is 19.7 Å². The molecule has 0 spiro atoms. The number of benzene rings is 1. The Bertz CT molecular complexity index is 484. The summed E-state index contributed by atoms with van der Waals surface area (Å²) in [5, 5.41) is 9.39.